The third-order valence-corrected chi connectivity index (χ3v) is 6.84. The zero-order valence-electron chi connectivity index (χ0n) is 17.0. The third-order valence-electron chi connectivity index (χ3n) is 4.93. The van der Waals surface area contributed by atoms with Gasteiger partial charge >= 0.3 is 6.18 Å². The molecule has 4 rings (SSSR count). The van der Waals surface area contributed by atoms with E-state index in [-0.39, 0.29) is 32.0 Å². The lowest BCUT2D eigenvalue weighted by Gasteiger charge is -2.12. The topological polar surface area (TPSA) is 132 Å². The van der Waals surface area contributed by atoms with Gasteiger partial charge in [-0.1, -0.05) is 0 Å². The zero-order chi connectivity index (χ0) is 24.1. The first-order valence-corrected chi connectivity index (χ1v) is 11.3. The molecule has 33 heavy (non-hydrogen) atoms. The van der Waals surface area contributed by atoms with E-state index in [1.165, 1.54) is 12.4 Å². The van der Waals surface area contributed by atoms with Crippen LogP contribution in [-0.4, -0.2) is 36.8 Å². The van der Waals surface area contributed by atoms with Gasteiger partial charge in [-0.05, 0) is 48.1 Å². The summed E-state index contributed by atoms with van der Waals surface area (Å²) >= 11 is 2.58. The maximum Gasteiger partial charge on any atom is 0.433 e. The summed E-state index contributed by atoms with van der Waals surface area (Å²) in [6.45, 7) is 4.07. The van der Waals surface area contributed by atoms with E-state index in [1.807, 2.05) is 29.5 Å². The molecule has 4 aromatic rings. The average Bonchev–Trinajstić information content (AvgIpc) is 3.43. The van der Waals surface area contributed by atoms with Crippen molar-refractivity contribution in [2.45, 2.75) is 26.6 Å². The predicted octanol–water partition coefficient (Wildman–Crippen LogP) is 4.19. The molecule has 0 aromatic carbocycles. The Labute approximate surface area is 201 Å². The molecule has 2 amide bonds. The van der Waals surface area contributed by atoms with E-state index in [1.54, 1.807) is 11.6 Å². The molecule has 0 radical (unpaired) electrons. The molecular formula is C19H15F3IN7O2S. The second-order valence-corrected chi connectivity index (χ2v) is 9.07. The SMILES string of the molecule is CCn1ncc(-c2cc(C(F)(F)F)nc3sc(C(N)=O)c(NC(=O)c4[nH]ncc4I)c23)c1C. The first-order chi connectivity index (χ1) is 15.5. The normalized spacial score (nSPS) is 11.8. The summed E-state index contributed by atoms with van der Waals surface area (Å²) in [5.74, 6) is -1.54. The summed E-state index contributed by atoms with van der Waals surface area (Å²) in [5, 5.41) is 13.3. The van der Waals surface area contributed by atoms with Crippen LogP contribution in [0.4, 0.5) is 18.9 Å². The minimum Gasteiger partial charge on any atom is -0.365 e. The van der Waals surface area contributed by atoms with E-state index >= 15 is 0 Å². The van der Waals surface area contributed by atoms with E-state index < -0.39 is 23.7 Å². The highest BCUT2D eigenvalue weighted by Gasteiger charge is 2.35. The van der Waals surface area contributed by atoms with Crippen LogP contribution in [-0.2, 0) is 12.7 Å². The van der Waals surface area contributed by atoms with Crippen molar-refractivity contribution < 1.29 is 22.8 Å². The summed E-state index contributed by atoms with van der Waals surface area (Å²) in [6.07, 6.45) is -1.86. The standard InChI is InChI=1S/C19H15F3IN7O2S/c1-3-30-7(2)9(5-26-30)8-4-11(19(20,21)22)27-18-12(8)14(15(33-18)16(24)31)28-17(32)13-10(23)6-25-29-13/h4-6H,3H2,1-2H3,(H2,24,31)(H,25,29)(H,28,32). The fourth-order valence-corrected chi connectivity index (χ4v) is 4.90. The number of nitrogens with one attached hydrogen (secondary N) is 2. The van der Waals surface area contributed by atoms with E-state index in [4.69, 9.17) is 5.73 Å². The lowest BCUT2D eigenvalue weighted by atomic mass is 10.0. The Morgan fingerprint density at radius 3 is 2.58 bits per heavy atom. The molecule has 0 bridgehead atoms. The number of carbonyl (C=O) groups is 2. The van der Waals surface area contributed by atoms with E-state index in [0.717, 1.165) is 6.07 Å². The van der Waals surface area contributed by atoms with Crippen molar-refractivity contribution in [3.05, 3.63) is 44.0 Å². The summed E-state index contributed by atoms with van der Waals surface area (Å²) in [5.41, 5.74) is 5.64. The fraction of sp³-hybridized carbons (Fsp3) is 0.211. The van der Waals surface area contributed by atoms with Gasteiger partial charge in [0.2, 0.25) is 0 Å². The van der Waals surface area contributed by atoms with Crippen LogP contribution >= 0.6 is 33.9 Å². The number of hydrogen-bond donors (Lipinski definition) is 3. The number of halogens is 4. The predicted molar refractivity (Wildman–Crippen MR) is 124 cm³/mol. The first kappa shape index (κ1) is 23.2. The number of nitrogens with two attached hydrogens (primary N) is 1. The number of primary amides is 1. The molecule has 4 aromatic heterocycles. The number of aromatic nitrogens is 5. The Hall–Kier alpha value is -3.01. The molecule has 0 fully saturated rings. The Morgan fingerprint density at radius 1 is 1.30 bits per heavy atom. The number of H-pyrrole nitrogens is 1. The third kappa shape index (κ3) is 4.07. The number of rotatable bonds is 5. The highest BCUT2D eigenvalue weighted by molar-refractivity contribution is 14.1. The number of alkyl halides is 3. The van der Waals surface area contributed by atoms with Crippen molar-refractivity contribution in [2.24, 2.45) is 5.73 Å². The molecule has 0 aliphatic heterocycles. The number of anilines is 1. The van der Waals surface area contributed by atoms with Crippen molar-refractivity contribution in [3.8, 4) is 11.1 Å². The van der Waals surface area contributed by atoms with Crippen molar-refractivity contribution in [3.63, 3.8) is 0 Å². The molecule has 14 heteroatoms. The smallest absolute Gasteiger partial charge is 0.365 e. The molecule has 0 unspecified atom stereocenters. The van der Waals surface area contributed by atoms with Crippen molar-refractivity contribution in [1.82, 2.24) is 25.0 Å². The molecule has 0 aliphatic carbocycles. The van der Waals surface area contributed by atoms with Gasteiger partial charge in [0.05, 0.1) is 21.7 Å². The number of carbonyl (C=O) groups excluding carboxylic acids is 2. The van der Waals surface area contributed by atoms with Gasteiger partial charge in [0, 0.05) is 23.2 Å². The molecule has 4 N–H and O–H groups in total. The summed E-state index contributed by atoms with van der Waals surface area (Å²) < 4.78 is 43.1. The summed E-state index contributed by atoms with van der Waals surface area (Å²) in [7, 11) is 0. The number of nitrogens with zero attached hydrogens (tertiary/aromatic N) is 4. The van der Waals surface area contributed by atoms with Crippen LogP contribution in [0.5, 0.6) is 0 Å². The van der Waals surface area contributed by atoms with Crippen LogP contribution in [0.3, 0.4) is 0 Å². The molecule has 4 heterocycles. The van der Waals surface area contributed by atoms with E-state index in [0.29, 0.717) is 32.7 Å². The van der Waals surface area contributed by atoms with Crippen molar-refractivity contribution in [2.75, 3.05) is 5.32 Å². The minimum absolute atomic E-state index is 0.0160. The van der Waals surface area contributed by atoms with Gasteiger partial charge < -0.3 is 11.1 Å². The minimum atomic E-state index is -4.73. The van der Waals surface area contributed by atoms with Gasteiger partial charge in [-0.15, -0.1) is 11.3 Å². The highest BCUT2D eigenvalue weighted by atomic mass is 127. The van der Waals surface area contributed by atoms with Crippen LogP contribution in [0.1, 0.15) is 38.5 Å². The molecule has 9 nitrogen and oxygen atoms in total. The Balaban J connectivity index is 2.03. The second-order valence-electron chi connectivity index (χ2n) is 6.91. The Morgan fingerprint density at radius 2 is 2.03 bits per heavy atom. The van der Waals surface area contributed by atoms with E-state index in [9.17, 15) is 22.8 Å². The van der Waals surface area contributed by atoms with Crippen LogP contribution in [0, 0.1) is 10.5 Å². The lowest BCUT2D eigenvalue weighted by Crippen LogP contribution is -2.18. The number of aryl methyl sites for hydroxylation is 1. The molecule has 0 saturated carbocycles. The van der Waals surface area contributed by atoms with Crippen LogP contribution in [0.25, 0.3) is 21.3 Å². The van der Waals surface area contributed by atoms with Gasteiger partial charge in [-0.3, -0.25) is 19.4 Å². The molecule has 0 aliphatic rings. The number of thiophene rings is 1. The van der Waals surface area contributed by atoms with Gasteiger partial charge in [-0.2, -0.15) is 23.4 Å². The van der Waals surface area contributed by atoms with Crippen molar-refractivity contribution >= 4 is 61.6 Å². The molecule has 0 saturated heterocycles. The summed E-state index contributed by atoms with van der Waals surface area (Å²) in [6, 6.07) is 0.888. The van der Waals surface area contributed by atoms with Gasteiger partial charge in [0.25, 0.3) is 11.8 Å². The van der Waals surface area contributed by atoms with Crippen LogP contribution in [0.15, 0.2) is 18.5 Å². The van der Waals surface area contributed by atoms with Crippen LogP contribution in [0.2, 0.25) is 0 Å². The zero-order valence-corrected chi connectivity index (χ0v) is 20.0. The number of hydrogen-bond acceptors (Lipinski definition) is 6. The van der Waals surface area contributed by atoms with Gasteiger partial charge in [0.1, 0.15) is 21.1 Å². The Kier molecular flexibility index (Phi) is 5.90. The quantitative estimate of drug-likeness (QED) is 0.301. The largest absolute Gasteiger partial charge is 0.433 e. The summed E-state index contributed by atoms with van der Waals surface area (Å²) in [4.78, 5) is 28.5. The lowest BCUT2D eigenvalue weighted by molar-refractivity contribution is -0.140. The number of aromatic amines is 1. The molecular weight excluding hydrogens is 574 g/mol. The molecule has 0 spiro atoms. The first-order valence-electron chi connectivity index (χ1n) is 9.40. The van der Waals surface area contributed by atoms with Gasteiger partial charge in [0.15, 0.2) is 0 Å². The number of pyridine rings is 1. The number of fused-ring (bicyclic) bond motifs is 1. The van der Waals surface area contributed by atoms with Gasteiger partial charge in [-0.25, -0.2) is 4.98 Å². The molecule has 0 atom stereocenters. The highest BCUT2D eigenvalue weighted by Crippen LogP contribution is 2.44. The monoisotopic (exact) mass is 589 g/mol. The molecule has 172 valence electrons. The average molecular weight is 589 g/mol. The van der Waals surface area contributed by atoms with Crippen LogP contribution < -0.4 is 11.1 Å². The van der Waals surface area contributed by atoms with Crippen molar-refractivity contribution in [1.29, 1.82) is 0 Å². The maximum absolute atomic E-state index is 13.6. The Bertz CT molecular complexity index is 1410. The van der Waals surface area contributed by atoms with E-state index in [2.05, 4.69) is 25.6 Å². The maximum atomic E-state index is 13.6. The second kappa shape index (κ2) is 8.40. The fourth-order valence-electron chi connectivity index (χ4n) is 3.39. The number of amides is 2.